The van der Waals surface area contributed by atoms with Crippen molar-refractivity contribution in [3.05, 3.63) is 23.2 Å². The van der Waals surface area contributed by atoms with Gasteiger partial charge in [0.1, 0.15) is 10.6 Å². The van der Waals surface area contributed by atoms with Crippen LogP contribution in [0.15, 0.2) is 23.1 Å². The third-order valence-corrected chi connectivity index (χ3v) is 5.24. The number of rotatable bonds is 4. The van der Waals surface area contributed by atoms with Crippen molar-refractivity contribution in [3.8, 4) is 0 Å². The molecule has 2 N–H and O–H groups in total. The lowest BCUT2D eigenvalue weighted by Crippen LogP contribution is -2.34. The van der Waals surface area contributed by atoms with Crippen LogP contribution in [-0.2, 0) is 14.6 Å². The predicted octanol–water partition coefficient (Wildman–Crippen LogP) is 1.32. The lowest BCUT2D eigenvalue weighted by Gasteiger charge is -2.17. The topological polar surface area (TPSA) is 80.5 Å². The van der Waals surface area contributed by atoms with Gasteiger partial charge in [-0.25, -0.2) is 8.42 Å². The number of nitrogens with two attached hydrogens (primary N) is 1. The fourth-order valence-corrected chi connectivity index (χ4v) is 3.86. The summed E-state index contributed by atoms with van der Waals surface area (Å²) in [6.45, 7) is 0. The minimum Gasteiger partial charge on any atom is -0.398 e. The van der Waals surface area contributed by atoms with Crippen molar-refractivity contribution in [3.63, 3.8) is 0 Å². The quantitative estimate of drug-likeness (QED) is 0.851. The molecule has 1 amide bonds. The van der Waals surface area contributed by atoms with Gasteiger partial charge in [0.25, 0.3) is 0 Å². The molecule has 19 heavy (non-hydrogen) atoms. The molecule has 2 rings (SSSR count). The molecule has 1 saturated carbocycles. The summed E-state index contributed by atoms with van der Waals surface area (Å²) in [6, 6.07) is 4.63. The number of halogens is 1. The standard InChI is InChI=1S/C12H15ClN2O3S/c1-15(8-5-6-8)11(16)7-19(17,18)12-9(13)3-2-4-10(12)14/h2-4,8H,5-7,14H2,1H3. The summed E-state index contributed by atoms with van der Waals surface area (Å²) >= 11 is 5.87. The molecule has 1 fully saturated rings. The number of anilines is 1. The Balaban J connectivity index is 2.25. The number of carbonyl (C=O) groups excluding carboxylic acids is 1. The molecule has 0 unspecified atom stereocenters. The van der Waals surface area contributed by atoms with Crippen molar-refractivity contribution < 1.29 is 13.2 Å². The largest absolute Gasteiger partial charge is 0.398 e. The highest BCUT2D eigenvalue weighted by Crippen LogP contribution is 2.29. The van der Waals surface area contributed by atoms with E-state index in [0.29, 0.717) is 0 Å². The Morgan fingerprint density at radius 3 is 2.63 bits per heavy atom. The number of benzene rings is 1. The monoisotopic (exact) mass is 302 g/mol. The van der Waals surface area contributed by atoms with Crippen LogP contribution in [0.5, 0.6) is 0 Å². The number of amides is 1. The van der Waals surface area contributed by atoms with E-state index in [2.05, 4.69) is 0 Å². The van der Waals surface area contributed by atoms with E-state index in [1.807, 2.05) is 0 Å². The highest BCUT2D eigenvalue weighted by molar-refractivity contribution is 7.92. The minimum atomic E-state index is -3.82. The summed E-state index contributed by atoms with van der Waals surface area (Å²) < 4.78 is 24.4. The highest BCUT2D eigenvalue weighted by Gasteiger charge is 2.33. The Hall–Kier alpha value is -1.27. The van der Waals surface area contributed by atoms with Gasteiger partial charge in [-0.15, -0.1) is 0 Å². The van der Waals surface area contributed by atoms with Crippen molar-refractivity contribution in [2.75, 3.05) is 18.5 Å². The fraction of sp³-hybridized carbons (Fsp3) is 0.417. The zero-order valence-corrected chi connectivity index (χ0v) is 12.0. The van der Waals surface area contributed by atoms with Crippen LogP contribution in [0.25, 0.3) is 0 Å². The minimum absolute atomic E-state index is 0.0434. The van der Waals surface area contributed by atoms with E-state index in [1.165, 1.54) is 17.0 Å². The number of carbonyl (C=O) groups is 1. The van der Waals surface area contributed by atoms with E-state index in [4.69, 9.17) is 17.3 Å². The second-order valence-corrected chi connectivity index (χ2v) is 6.99. The number of hydrogen-bond donors (Lipinski definition) is 1. The second-order valence-electron chi connectivity index (χ2n) is 4.65. The molecule has 7 heteroatoms. The van der Waals surface area contributed by atoms with Gasteiger partial charge in [-0.3, -0.25) is 4.79 Å². The van der Waals surface area contributed by atoms with Gasteiger partial charge in [-0.05, 0) is 25.0 Å². The molecule has 1 aromatic rings. The maximum Gasteiger partial charge on any atom is 0.238 e. The number of nitrogen functional groups attached to an aromatic ring is 1. The van der Waals surface area contributed by atoms with Gasteiger partial charge in [0.15, 0.2) is 9.84 Å². The number of hydrogen-bond acceptors (Lipinski definition) is 4. The van der Waals surface area contributed by atoms with Crippen LogP contribution in [0.4, 0.5) is 5.69 Å². The average molecular weight is 303 g/mol. The molecule has 104 valence electrons. The fourth-order valence-electron chi connectivity index (χ4n) is 1.86. The van der Waals surface area contributed by atoms with Gasteiger partial charge in [0, 0.05) is 13.1 Å². The van der Waals surface area contributed by atoms with Crippen molar-refractivity contribution in [1.29, 1.82) is 0 Å². The zero-order valence-electron chi connectivity index (χ0n) is 10.5. The molecule has 0 bridgehead atoms. The van der Waals surface area contributed by atoms with Gasteiger partial charge in [-0.1, -0.05) is 17.7 Å². The Bertz CT molecular complexity index is 591. The Labute approximate surface area is 117 Å². The van der Waals surface area contributed by atoms with Crippen LogP contribution in [0.2, 0.25) is 5.02 Å². The Morgan fingerprint density at radius 2 is 2.11 bits per heavy atom. The first-order chi connectivity index (χ1) is 8.83. The van der Waals surface area contributed by atoms with Gasteiger partial charge in [-0.2, -0.15) is 0 Å². The first-order valence-electron chi connectivity index (χ1n) is 5.85. The van der Waals surface area contributed by atoms with E-state index in [9.17, 15) is 13.2 Å². The lowest BCUT2D eigenvalue weighted by molar-refractivity contribution is -0.127. The normalized spacial score (nSPS) is 15.3. The molecule has 1 aromatic carbocycles. The van der Waals surface area contributed by atoms with Crippen molar-refractivity contribution in [2.24, 2.45) is 0 Å². The van der Waals surface area contributed by atoms with Crippen LogP contribution >= 0.6 is 11.6 Å². The molecule has 1 aliphatic rings. The summed E-state index contributed by atoms with van der Waals surface area (Å²) in [7, 11) is -2.20. The van der Waals surface area contributed by atoms with E-state index in [0.717, 1.165) is 12.8 Å². The molecule has 0 saturated heterocycles. The van der Waals surface area contributed by atoms with E-state index < -0.39 is 21.5 Å². The summed E-state index contributed by atoms with van der Waals surface area (Å²) in [5, 5.41) is 0.0434. The van der Waals surface area contributed by atoms with Crippen molar-refractivity contribution >= 4 is 33.0 Å². The summed E-state index contributed by atoms with van der Waals surface area (Å²) in [5.74, 6) is -1.03. The van der Waals surface area contributed by atoms with Gasteiger partial charge >= 0.3 is 0 Å². The number of nitrogens with zero attached hydrogens (tertiary/aromatic N) is 1. The van der Waals surface area contributed by atoms with Gasteiger partial charge in [0.05, 0.1) is 10.7 Å². The summed E-state index contributed by atoms with van der Waals surface area (Å²) in [6.07, 6.45) is 1.85. The molecule has 1 aliphatic carbocycles. The smallest absolute Gasteiger partial charge is 0.238 e. The Morgan fingerprint density at radius 1 is 1.47 bits per heavy atom. The maximum absolute atomic E-state index is 12.2. The molecule has 0 heterocycles. The van der Waals surface area contributed by atoms with Crippen LogP contribution in [0.1, 0.15) is 12.8 Å². The summed E-state index contributed by atoms with van der Waals surface area (Å²) in [5.41, 5.74) is 5.71. The molecule has 0 atom stereocenters. The molecular formula is C12H15ClN2O3S. The maximum atomic E-state index is 12.2. The highest BCUT2D eigenvalue weighted by atomic mass is 35.5. The first kappa shape index (κ1) is 14.1. The third kappa shape index (κ3) is 3.01. The van der Waals surface area contributed by atoms with Crippen molar-refractivity contribution in [1.82, 2.24) is 4.90 Å². The molecule has 0 aromatic heterocycles. The lowest BCUT2D eigenvalue weighted by atomic mass is 10.3. The van der Waals surface area contributed by atoms with Gasteiger partial charge in [0.2, 0.25) is 5.91 Å². The van der Waals surface area contributed by atoms with E-state index in [1.54, 1.807) is 13.1 Å². The number of sulfone groups is 1. The van der Waals surface area contributed by atoms with Gasteiger partial charge < -0.3 is 10.6 Å². The molecular weight excluding hydrogens is 288 g/mol. The SMILES string of the molecule is CN(C(=O)CS(=O)(=O)c1c(N)cccc1Cl)C1CC1. The van der Waals surface area contributed by atoms with Crippen LogP contribution in [0, 0.1) is 0 Å². The Kier molecular flexibility index (Phi) is 3.73. The van der Waals surface area contributed by atoms with Crippen LogP contribution < -0.4 is 5.73 Å². The van der Waals surface area contributed by atoms with Crippen LogP contribution in [-0.4, -0.2) is 38.1 Å². The van der Waals surface area contributed by atoms with E-state index >= 15 is 0 Å². The van der Waals surface area contributed by atoms with E-state index in [-0.39, 0.29) is 21.6 Å². The average Bonchev–Trinajstić information content (AvgIpc) is 3.10. The van der Waals surface area contributed by atoms with Crippen molar-refractivity contribution in [2.45, 2.75) is 23.8 Å². The zero-order chi connectivity index (χ0) is 14.2. The molecule has 0 aliphatic heterocycles. The second kappa shape index (κ2) is 5.02. The first-order valence-corrected chi connectivity index (χ1v) is 7.88. The molecule has 0 radical (unpaired) electrons. The third-order valence-electron chi connectivity index (χ3n) is 3.11. The van der Waals surface area contributed by atoms with Crippen LogP contribution in [0.3, 0.4) is 0 Å². The molecule has 5 nitrogen and oxygen atoms in total. The predicted molar refractivity (Wildman–Crippen MR) is 73.7 cm³/mol. The summed E-state index contributed by atoms with van der Waals surface area (Å²) in [4.78, 5) is 13.2. The molecule has 0 spiro atoms.